The molecule has 0 atom stereocenters. The lowest BCUT2D eigenvalue weighted by Crippen LogP contribution is -2.15. The number of aldehydes is 1. The van der Waals surface area contributed by atoms with Crippen LogP contribution in [0.1, 0.15) is 26.6 Å². The average Bonchev–Trinajstić information content (AvgIpc) is 2.14. The molecule has 0 fully saturated rings. The first-order valence-corrected chi connectivity index (χ1v) is 4.43. The molecule has 0 aliphatic heterocycles. The molecule has 1 aromatic heterocycles. The van der Waals surface area contributed by atoms with E-state index in [2.05, 4.69) is 9.97 Å². The fourth-order valence-corrected chi connectivity index (χ4v) is 0.908. The largest absolute Gasteiger partial charge is 0.483 e. The molecule has 0 amide bonds. The van der Waals surface area contributed by atoms with Crippen LogP contribution in [0.25, 0.3) is 0 Å². The second-order valence-electron chi connectivity index (χ2n) is 3.97. The van der Waals surface area contributed by atoms with Gasteiger partial charge in [0.15, 0.2) is 12.0 Å². The lowest BCUT2D eigenvalue weighted by atomic mass is 9.96. The molecular weight excluding hydrogens is 180 g/mol. The molecule has 0 aliphatic carbocycles. The third-order valence-electron chi connectivity index (χ3n) is 1.62. The molecule has 0 aliphatic rings. The maximum Gasteiger partial charge on any atom is 0.157 e. The van der Waals surface area contributed by atoms with E-state index in [4.69, 9.17) is 4.74 Å². The van der Waals surface area contributed by atoms with Crippen LogP contribution in [0.3, 0.4) is 0 Å². The van der Waals surface area contributed by atoms with Gasteiger partial charge in [-0.15, -0.1) is 0 Å². The Morgan fingerprint density at radius 1 is 1.36 bits per heavy atom. The minimum atomic E-state index is -0.0663. The first-order valence-electron chi connectivity index (χ1n) is 4.43. The summed E-state index contributed by atoms with van der Waals surface area (Å²) >= 11 is 0. The zero-order valence-electron chi connectivity index (χ0n) is 8.65. The van der Waals surface area contributed by atoms with Crippen molar-refractivity contribution in [3.63, 3.8) is 0 Å². The van der Waals surface area contributed by atoms with Crippen LogP contribution in [-0.4, -0.2) is 22.9 Å². The monoisotopic (exact) mass is 194 g/mol. The minimum Gasteiger partial charge on any atom is -0.483 e. The molecule has 0 N–H and O–H groups in total. The van der Waals surface area contributed by atoms with Crippen LogP contribution in [-0.2, 0) is 10.2 Å². The molecular formula is C10H14N2O2. The van der Waals surface area contributed by atoms with Gasteiger partial charge in [-0.05, 0) is 0 Å². The molecule has 0 unspecified atom stereocenters. The molecule has 14 heavy (non-hydrogen) atoms. The van der Waals surface area contributed by atoms with Crippen molar-refractivity contribution in [1.82, 2.24) is 9.97 Å². The van der Waals surface area contributed by atoms with Gasteiger partial charge in [0.2, 0.25) is 0 Å². The highest BCUT2D eigenvalue weighted by molar-refractivity contribution is 5.51. The zero-order chi connectivity index (χ0) is 10.6. The van der Waals surface area contributed by atoms with Crippen molar-refractivity contribution >= 4 is 6.29 Å². The van der Waals surface area contributed by atoms with Crippen molar-refractivity contribution in [3.8, 4) is 5.75 Å². The van der Waals surface area contributed by atoms with Gasteiger partial charge in [-0.3, -0.25) is 4.79 Å². The summed E-state index contributed by atoms with van der Waals surface area (Å²) in [6.07, 6.45) is 3.85. The van der Waals surface area contributed by atoms with Gasteiger partial charge in [0.05, 0.1) is 12.4 Å². The van der Waals surface area contributed by atoms with Crippen molar-refractivity contribution < 1.29 is 9.53 Å². The van der Waals surface area contributed by atoms with Gasteiger partial charge in [-0.1, -0.05) is 20.8 Å². The quantitative estimate of drug-likeness (QED) is 0.681. The Bertz CT molecular complexity index is 301. The zero-order valence-corrected chi connectivity index (χ0v) is 8.65. The van der Waals surface area contributed by atoms with Gasteiger partial charge in [0, 0.05) is 5.41 Å². The third kappa shape index (κ3) is 2.80. The molecule has 0 radical (unpaired) electrons. The van der Waals surface area contributed by atoms with Crippen LogP contribution < -0.4 is 4.74 Å². The fraction of sp³-hybridized carbons (Fsp3) is 0.500. The van der Waals surface area contributed by atoms with Gasteiger partial charge in [-0.2, -0.15) is 0 Å². The summed E-state index contributed by atoms with van der Waals surface area (Å²) in [4.78, 5) is 18.3. The molecule has 0 saturated heterocycles. The van der Waals surface area contributed by atoms with E-state index in [1.165, 1.54) is 0 Å². The number of hydrogen-bond donors (Lipinski definition) is 0. The Hall–Kier alpha value is -1.45. The standard InChI is InChI=1S/C10H14N2O2/c1-10(2,3)9-11-6-8(7-12-9)14-5-4-13/h4,6-7H,5H2,1-3H3. The van der Waals surface area contributed by atoms with Crippen molar-refractivity contribution in [2.24, 2.45) is 0 Å². The number of rotatable bonds is 3. The maximum atomic E-state index is 10.0. The molecule has 1 heterocycles. The Kier molecular flexibility index (Phi) is 3.17. The lowest BCUT2D eigenvalue weighted by Gasteiger charge is -2.15. The van der Waals surface area contributed by atoms with Crippen molar-refractivity contribution in [2.45, 2.75) is 26.2 Å². The Morgan fingerprint density at radius 2 is 1.93 bits per heavy atom. The van der Waals surface area contributed by atoms with E-state index < -0.39 is 0 Å². The molecule has 76 valence electrons. The molecule has 4 nitrogen and oxygen atoms in total. The van der Waals surface area contributed by atoms with Gasteiger partial charge >= 0.3 is 0 Å². The Morgan fingerprint density at radius 3 is 2.36 bits per heavy atom. The summed E-state index contributed by atoms with van der Waals surface area (Å²) in [6, 6.07) is 0. The second-order valence-corrected chi connectivity index (χ2v) is 3.97. The molecule has 0 bridgehead atoms. The number of carbonyl (C=O) groups excluding carboxylic acids is 1. The van der Waals surface area contributed by atoms with E-state index in [9.17, 15) is 4.79 Å². The summed E-state index contributed by atoms with van der Waals surface area (Å²) in [5.41, 5.74) is -0.0663. The van der Waals surface area contributed by atoms with Gasteiger partial charge in [0.25, 0.3) is 0 Å². The Labute approximate surface area is 83.3 Å². The summed E-state index contributed by atoms with van der Waals surface area (Å²) < 4.78 is 5.03. The minimum absolute atomic E-state index is 0.0399. The number of ether oxygens (including phenoxy) is 1. The number of hydrogen-bond acceptors (Lipinski definition) is 4. The van der Waals surface area contributed by atoms with Crippen LogP contribution in [0.4, 0.5) is 0 Å². The molecule has 4 heteroatoms. The van der Waals surface area contributed by atoms with Crippen molar-refractivity contribution in [3.05, 3.63) is 18.2 Å². The first-order chi connectivity index (χ1) is 6.54. The topological polar surface area (TPSA) is 52.1 Å². The van der Waals surface area contributed by atoms with E-state index >= 15 is 0 Å². The van der Waals surface area contributed by atoms with E-state index in [0.29, 0.717) is 12.0 Å². The number of aromatic nitrogens is 2. The molecule has 0 aromatic carbocycles. The average molecular weight is 194 g/mol. The second kappa shape index (κ2) is 4.17. The molecule has 1 aromatic rings. The Balaban J connectivity index is 2.73. The molecule has 0 spiro atoms. The van der Waals surface area contributed by atoms with E-state index in [1.807, 2.05) is 20.8 Å². The highest BCUT2D eigenvalue weighted by Crippen LogP contribution is 2.18. The highest BCUT2D eigenvalue weighted by atomic mass is 16.5. The smallest absolute Gasteiger partial charge is 0.157 e. The summed E-state index contributed by atoms with van der Waals surface area (Å²) in [7, 11) is 0. The van der Waals surface area contributed by atoms with E-state index in [0.717, 1.165) is 5.82 Å². The van der Waals surface area contributed by atoms with Gasteiger partial charge in [0.1, 0.15) is 12.4 Å². The number of carbonyl (C=O) groups is 1. The number of nitrogens with zero attached hydrogens (tertiary/aromatic N) is 2. The summed E-state index contributed by atoms with van der Waals surface area (Å²) in [6.45, 7) is 6.15. The lowest BCUT2D eigenvalue weighted by molar-refractivity contribution is -0.109. The van der Waals surface area contributed by atoms with Crippen LogP contribution >= 0.6 is 0 Å². The first kappa shape index (κ1) is 10.6. The maximum absolute atomic E-state index is 10.0. The summed E-state index contributed by atoms with van der Waals surface area (Å²) in [5, 5.41) is 0. The molecule has 0 saturated carbocycles. The summed E-state index contributed by atoms with van der Waals surface area (Å²) in [5.74, 6) is 1.28. The van der Waals surface area contributed by atoms with Crippen LogP contribution in [0.15, 0.2) is 12.4 Å². The predicted molar refractivity (Wildman–Crippen MR) is 52.3 cm³/mol. The van der Waals surface area contributed by atoms with Crippen LogP contribution in [0.2, 0.25) is 0 Å². The van der Waals surface area contributed by atoms with Crippen molar-refractivity contribution in [1.29, 1.82) is 0 Å². The van der Waals surface area contributed by atoms with Gasteiger partial charge < -0.3 is 4.74 Å². The third-order valence-corrected chi connectivity index (χ3v) is 1.62. The van der Waals surface area contributed by atoms with Crippen LogP contribution in [0.5, 0.6) is 5.75 Å². The normalized spacial score (nSPS) is 11.1. The molecule has 1 rings (SSSR count). The SMILES string of the molecule is CC(C)(C)c1ncc(OCC=O)cn1. The van der Waals surface area contributed by atoms with E-state index in [1.54, 1.807) is 12.4 Å². The van der Waals surface area contributed by atoms with Gasteiger partial charge in [-0.25, -0.2) is 9.97 Å². The predicted octanol–water partition coefficient (Wildman–Crippen LogP) is 1.35. The van der Waals surface area contributed by atoms with Crippen LogP contribution in [0, 0.1) is 0 Å². The van der Waals surface area contributed by atoms with Crippen molar-refractivity contribution in [2.75, 3.05) is 6.61 Å². The highest BCUT2D eigenvalue weighted by Gasteiger charge is 2.16. The fourth-order valence-electron chi connectivity index (χ4n) is 0.908. The van der Waals surface area contributed by atoms with E-state index in [-0.39, 0.29) is 12.0 Å².